The van der Waals surface area contributed by atoms with Gasteiger partial charge in [0.2, 0.25) is 0 Å². The van der Waals surface area contributed by atoms with Gasteiger partial charge in [-0.2, -0.15) is 0 Å². The molecule has 0 saturated heterocycles. The zero-order valence-electron chi connectivity index (χ0n) is 40.6. The van der Waals surface area contributed by atoms with Gasteiger partial charge in [-0.3, -0.25) is 9.59 Å². The van der Waals surface area contributed by atoms with Gasteiger partial charge in [0.05, 0.1) is 6.61 Å². The van der Waals surface area contributed by atoms with E-state index in [9.17, 15) is 9.59 Å². The van der Waals surface area contributed by atoms with Gasteiger partial charge >= 0.3 is 11.9 Å². The summed E-state index contributed by atoms with van der Waals surface area (Å²) in [6.45, 7) is 7.49. The molecule has 0 radical (unpaired) electrons. The minimum absolute atomic E-state index is 0.0535. The van der Waals surface area contributed by atoms with Crippen molar-refractivity contribution in [1.29, 1.82) is 0 Å². The molecule has 0 fully saturated rings. The Morgan fingerprint density at radius 2 is 0.726 bits per heavy atom. The zero-order valence-corrected chi connectivity index (χ0v) is 40.6. The molecule has 354 valence electrons. The van der Waals surface area contributed by atoms with Crippen LogP contribution in [-0.4, -0.2) is 37.9 Å². The SMILES string of the molecule is CC/C=C\C/C=C\C/C=C\C/C=C\CCCCCOCC(COC(=O)CCCCCCCCC/C=C\CCCCCCCC)OC(=O)CCCCC/C=C\C/C=C\C/C=C\CC. The Labute approximate surface area is 383 Å². The molecule has 0 saturated carbocycles. The summed E-state index contributed by atoms with van der Waals surface area (Å²) in [5, 5.41) is 0. The van der Waals surface area contributed by atoms with Crippen molar-refractivity contribution >= 4 is 11.9 Å². The smallest absolute Gasteiger partial charge is 0.306 e. The van der Waals surface area contributed by atoms with E-state index in [4.69, 9.17) is 14.2 Å². The molecule has 0 aromatic heterocycles. The predicted molar refractivity (Wildman–Crippen MR) is 270 cm³/mol. The van der Waals surface area contributed by atoms with Crippen molar-refractivity contribution in [3.8, 4) is 0 Å². The summed E-state index contributed by atoms with van der Waals surface area (Å²) in [6, 6.07) is 0. The average Bonchev–Trinajstić information content (AvgIpc) is 3.27. The number of hydrogen-bond donors (Lipinski definition) is 0. The van der Waals surface area contributed by atoms with Gasteiger partial charge in [0.15, 0.2) is 6.10 Å². The Hall–Kier alpha value is -3.18. The molecule has 5 heteroatoms. The molecule has 0 aliphatic heterocycles. The van der Waals surface area contributed by atoms with Crippen LogP contribution in [0.1, 0.15) is 226 Å². The highest BCUT2D eigenvalue weighted by Gasteiger charge is 2.17. The summed E-state index contributed by atoms with van der Waals surface area (Å²) in [5.74, 6) is -0.457. The van der Waals surface area contributed by atoms with Crippen LogP contribution >= 0.6 is 0 Å². The first-order chi connectivity index (χ1) is 30.6. The Morgan fingerprint density at radius 3 is 1.19 bits per heavy atom. The molecule has 1 unspecified atom stereocenters. The molecule has 5 nitrogen and oxygen atoms in total. The van der Waals surface area contributed by atoms with Crippen molar-refractivity contribution in [2.24, 2.45) is 0 Å². The van der Waals surface area contributed by atoms with Crippen LogP contribution in [0.3, 0.4) is 0 Å². The summed E-state index contributed by atoms with van der Waals surface area (Å²) < 4.78 is 17.3. The molecule has 0 spiro atoms. The van der Waals surface area contributed by atoms with Crippen LogP contribution in [0.25, 0.3) is 0 Å². The topological polar surface area (TPSA) is 61.8 Å². The number of ether oxygens (including phenoxy) is 3. The standard InChI is InChI=1S/C57H96O5/c1-4-7-10-13-16-19-22-25-27-29-30-33-35-38-41-44-47-50-56(58)61-54-55(62-57(59)51-48-45-42-39-36-32-24-21-18-15-12-9-6-3)53-60-52-49-46-43-40-37-34-31-28-26-23-20-17-14-11-8-5-2/h8-9,11-12,17-18,20-21,25-28,32,34,36-37,55H,4-7,10,13-16,19,22-24,29-31,33,35,38-54H2,1-3H3/b11-8-,12-9-,20-17-,21-18-,27-25-,28-26-,36-32-,37-34-. The number of allylic oxidation sites excluding steroid dienone is 16. The van der Waals surface area contributed by atoms with Crippen LogP contribution in [0, 0.1) is 0 Å². The first-order valence-electron chi connectivity index (χ1n) is 25.8. The Balaban J connectivity index is 4.37. The van der Waals surface area contributed by atoms with Gasteiger partial charge in [0.1, 0.15) is 6.61 Å². The number of carbonyl (C=O) groups is 2. The maximum Gasteiger partial charge on any atom is 0.306 e. The molecule has 0 rings (SSSR count). The van der Waals surface area contributed by atoms with E-state index in [1.807, 2.05) is 0 Å². The highest BCUT2D eigenvalue weighted by molar-refractivity contribution is 5.70. The molecule has 0 aliphatic rings. The molecular formula is C57H96O5. The predicted octanol–water partition coefficient (Wildman–Crippen LogP) is 17.5. The normalized spacial score (nSPS) is 13.0. The summed E-state index contributed by atoms with van der Waals surface area (Å²) >= 11 is 0. The van der Waals surface area contributed by atoms with Crippen LogP contribution in [0.15, 0.2) is 97.2 Å². The molecule has 0 aliphatic carbocycles. The Kier molecular flexibility index (Phi) is 49.5. The molecule has 0 amide bonds. The number of unbranched alkanes of at least 4 members (excludes halogenated alkanes) is 19. The van der Waals surface area contributed by atoms with Crippen molar-refractivity contribution in [1.82, 2.24) is 0 Å². The summed E-state index contributed by atoms with van der Waals surface area (Å²) in [5.41, 5.74) is 0. The third-order valence-corrected chi connectivity index (χ3v) is 10.6. The second-order valence-electron chi connectivity index (χ2n) is 16.7. The molecule has 0 N–H and O–H groups in total. The number of hydrogen-bond acceptors (Lipinski definition) is 5. The van der Waals surface area contributed by atoms with Crippen molar-refractivity contribution in [2.75, 3.05) is 19.8 Å². The first kappa shape index (κ1) is 58.8. The van der Waals surface area contributed by atoms with Crippen LogP contribution in [-0.2, 0) is 23.8 Å². The lowest BCUT2D eigenvalue weighted by Gasteiger charge is -2.18. The van der Waals surface area contributed by atoms with Crippen molar-refractivity contribution < 1.29 is 23.8 Å². The van der Waals surface area contributed by atoms with E-state index >= 15 is 0 Å². The summed E-state index contributed by atoms with van der Waals surface area (Å²) in [6.07, 6.45) is 69.9. The van der Waals surface area contributed by atoms with E-state index in [1.54, 1.807) is 0 Å². The Bertz CT molecular complexity index is 1200. The highest BCUT2D eigenvalue weighted by atomic mass is 16.6. The van der Waals surface area contributed by atoms with E-state index < -0.39 is 6.10 Å². The van der Waals surface area contributed by atoms with Crippen molar-refractivity contribution in [3.63, 3.8) is 0 Å². The fourth-order valence-corrected chi connectivity index (χ4v) is 6.80. The fourth-order valence-electron chi connectivity index (χ4n) is 6.80. The third-order valence-electron chi connectivity index (χ3n) is 10.6. The largest absolute Gasteiger partial charge is 0.462 e. The van der Waals surface area contributed by atoms with Gasteiger partial charge in [-0.15, -0.1) is 0 Å². The van der Waals surface area contributed by atoms with Crippen molar-refractivity contribution in [3.05, 3.63) is 97.2 Å². The Morgan fingerprint density at radius 1 is 0.371 bits per heavy atom. The number of carbonyl (C=O) groups excluding carboxylic acids is 2. The maximum atomic E-state index is 12.8. The second kappa shape index (κ2) is 52.2. The van der Waals surface area contributed by atoms with Crippen LogP contribution in [0.2, 0.25) is 0 Å². The minimum atomic E-state index is -0.574. The van der Waals surface area contributed by atoms with E-state index in [1.165, 1.54) is 77.0 Å². The number of esters is 2. The van der Waals surface area contributed by atoms with Gasteiger partial charge in [-0.05, 0) is 116 Å². The molecule has 62 heavy (non-hydrogen) atoms. The van der Waals surface area contributed by atoms with E-state index in [0.29, 0.717) is 19.4 Å². The first-order valence-corrected chi connectivity index (χ1v) is 25.8. The maximum absolute atomic E-state index is 12.8. The van der Waals surface area contributed by atoms with Gasteiger partial charge in [0.25, 0.3) is 0 Å². The molecule has 0 bridgehead atoms. The van der Waals surface area contributed by atoms with Crippen LogP contribution in [0.5, 0.6) is 0 Å². The number of rotatable bonds is 46. The fraction of sp³-hybridized carbons (Fsp3) is 0.684. The van der Waals surface area contributed by atoms with Gasteiger partial charge < -0.3 is 14.2 Å². The minimum Gasteiger partial charge on any atom is -0.462 e. The van der Waals surface area contributed by atoms with Crippen LogP contribution in [0.4, 0.5) is 0 Å². The lowest BCUT2D eigenvalue weighted by atomic mass is 10.1. The summed E-state index contributed by atoms with van der Waals surface area (Å²) in [7, 11) is 0. The summed E-state index contributed by atoms with van der Waals surface area (Å²) in [4.78, 5) is 25.4. The molecule has 0 aromatic carbocycles. The quantitative estimate of drug-likeness (QED) is 0.0347. The van der Waals surface area contributed by atoms with Gasteiger partial charge in [-0.25, -0.2) is 0 Å². The van der Waals surface area contributed by atoms with Crippen LogP contribution < -0.4 is 0 Å². The second-order valence-corrected chi connectivity index (χ2v) is 16.7. The highest BCUT2D eigenvalue weighted by Crippen LogP contribution is 2.13. The monoisotopic (exact) mass is 861 g/mol. The molecule has 1 atom stereocenters. The average molecular weight is 861 g/mol. The lowest BCUT2D eigenvalue weighted by molar-refractivity contribution is -0.163. The van der Waals surface area contributed by atoms with Crippen molar-refractivity contribution in [2.45, 2.75) is 232 Å². The van der Waals surface area contributed by atoms with Gasteiger partial charge in [0, 0.05) is 19.4 Å². The lowest BCUT2D eigenvalue weighted by Crippen LogP contribution is -2.30. The van der Waals surface area contributed by atoms with E-state index in [-0.39, 0.29) is 25.2 Å². The van der Waals surface area contributed by atoms with E-state index in [0.717, 1.165) is 116 Å². The zero-order chi connectivity index (χ0) is 44.9. The molecular weight excluding hydrogens is 765 g/mol. The molecule has 0 heterocycles. The third kappa shape index (κ3) is 49.5. The van der Waals surface area contributed by atoms with E-state index in [2.05, 4.69) is 118 Å². The molecule has 0 aromatic rings. The van der Waals surface area contributed by atoms with Gasteiger partial charge in [-0.1, -0.05) is 195 Å².